The first-order chi connectivity index (χ1) is 16.7. The molecule has 190 valence electrons. The molecule has 1 aliphatic carbocycles. The van der Waals surface area contributed by atoms with Gasteiger partial charge in [0.15, 0.2) is 0 Å². The smallest absolute Gasteiger partial charge is 0.244 e. The molecule has 2 amide bonds. The average Bonchev–Trinajstić information content (AvgIpc) is 3.34. The van der Waals surface area contributed by atoms with Crippen LogP contribution >= 0.6 is 0 Å². The van der Waals surface area contributed by atoms with Crippen LogP contribution in [0.15, 0.2) is 54.6 Å². The zero-order valence-electron chi connectivity index (χ0n) is 20.6. The first-order valence-electron chi connectivity index (χ1n) is 12.0. The molecular formula is C26H35N3O5S. The van der Waals surface area contributed by atoms with E-state index in [0.717, 1.165) is 41.8 Å². The maximum absolute atomic E-state index is 13.5. The Hall–Kier alpha value is -3.07. The van der Waals surface area contributed by atoms with Crippen molar-refractivity contribution in [2.24, 2.45) is 0 Å². The van der Waals surface area contributed by atoms with Gasteiger partial charge in [-0.1, -0.05) is 43.2 Å². The molecule has 0 saturated heterocycles. The maximum Gasteiger partial charge on any atom is 0.244 e. The molecule has 0 bridgehead atoms. The molecule has 0 aromatic heterocycles. The molecule has 1 N–H and O–H groups in total. The van der Waals surface area contributed by atoms with Crippen LogP contribution in [0.25, 0.3) is 0 Å². The number of nitrogens with one attached hydrogen (secondary N) is 1. The molecule has 8 nitrogen and oxygen atoms in total. The van der Waals surface area contributed by atoms with Crippen molar-refractivity contribution in [3.05, 3.63) is 60.2 Å². The summed E-state index contributed by atoms with van der Waals surface area (Å²) in [5, 5.41) is 3.05. The summed E-state index contributed by atoms with van der Waals surface area (Å²) in [6.45, 7) is 3.82. The molecule has 2 aromatic carbocycles. The zero-order chi connectivity index (χ0) is 25.4. The molecule has 0 spiro atoms. The summed E-state index contributed by atoms with van der Waals surface area (Å²) in [7, 11) is -3.76. The number of amides is 2. The van der Waals surface area contributed by atoms with Gasteiger partial charge in [0.05, 0.1) is 18.6 Å². The lowest BCUT2D eigenvalue weighted by molar-refractivity contribution is -0.139. The quantitative estimate of drug-likeness (QED) is 0.510. The van der Waals surface area contributed by atoms with Crippen LogP contribution in [0.3, 0.4) is 0 Å². The molecule has 0 aliphatic heterocycles. The van der Waals surface area contributed by atoms with Gasteiger partial charge in [0, 0.05) is 12.6 Å². The summed E-state index contributed by atoms with van der Waals surface area (Å²) >= 11 is 0. The lowest BCUT2D eigenvalue weighted by Gasteiger charge is -2.32. The van der Waals surface area contributed by atoms with Gasteiger partial charge in [0.1, 0.15) is 18.3 Å². The van der Waals surface area contributed by atoms with E-state index in [1.807, 2.05) is 37.3 Å². The number of carbonyl (C=O) groups is 2. The van der Waals surface area contributed by atoms with E-state index in [-0.39, 0.29) is 18.5 Å². The zero-order valence-corrected chi connectivity index (χ0v) is 21.5. The van der Waals surface area contributed by atoms with Crippen LogP contribution in [0.4, 0.5) is 5.69 Å². The van der Waals surface area contributed by atoms with E-state index < -0.39 is 28.5 Å². The Balaban J connectivity index is 1.84. The molecule has 1 fully saturated rings. The number of hydrogen-bond acceptors (Lipinski definition) is 5. The van der Waals surface area contributed by atoms with Gasteiger partial charge in [0.25, 0.3) is 0 Å². The highest BCUT2D eigenvalue weighted by molar-refractivity contribution is 7.92. The van der Waals surface area contributed by atoms with Crippen LogP contribution in [0.5, 0.6) is 5.75 Å². The highest BCUT2D eigenvalue weighted by atomic mass is 32.2. The third-order valence-corrected chi connectivity index (χ3v) is 7.32. The minimum absolute atomic E-state index is 0.120. The topological polar surface area (TPSA) is 96.0 Å². The van der Waals surface area contributed by atoms with E-state index >= 15 is 0 Å². The van der Waals surface area contributed by atoms with Gasteiger partial charge in [-0.15, -0.1) is 0 Å². The average molecular weight is 502 g/mol. The standard InChI is InChI=1S/C26H35N3O5S/c1-4-34-24-16-14-23(15-17-24)29(35(3,32)33)19-25(30)28(18-21-10-6-5-7-11-21)20(2)26(31)27-22-12-8-9-13-22/h5-7,10-11,14-17,20,22H,4,8-9,12-13,18-19H2,1-3H3,(H,27,31)/t20-/m0/s1. The van der Waals surface area contributed by atoms with E-state index in [9.17, 15) is 18.0 Å². The Bertz CT molecular complexity index is 1080. The van der Waals surface area contributed by atoms with Crippen LogP contribution in [-0.2, 0) is 26.2 Å². The number of anilines is 1. The Morgan fingerprint density at radius 1 is 1.06 bits per heavy atom. The van der Waals surface area contributed by atoms with E-state index in [2.05, 4.69) is 5.32 Å². The molecule has 9 heteroatoms. The normalized spacial score (nSPS) is 14.8. The molecule has 3 rings (SSSR count). The third-order valence-electron chi connectivity index (χ3n) is 6.18. The van der Waals surface area contributed by atoms with Crippen molar-refractivity contribution >= 4 is 27.5 Å². The number of carbonyl (C=O) groups excluding carboxylic acids is 2. The number of sulfonamides is 1. The maximum atomic E-state index is 13.5. The van der Waals surface area contributed by atoms with E-state index in [1.165, 1.54) is 4.90 Å². The number of nitrogens with zero attached hydrogens (tertiary/aromatic N) is 2. The molecule has 2 aromatic rings. The Labute approximate surface area is 208 Å². The van der Waals surface area contributed by atoms with Gasteiger partial charge in [0.2, 0.25) is 21.8 Å². The van der Waals surface area contributed by atoms with E-state index in [1.54, 1.807) is 31.2 Å². The fourth-order valence-corrected chi connectivity index (χ4v) is 5.09. The number of hydrogen-bond donors (Lipinski definition) is 1. The van der Waals surface area contributed by atoms with Crippen molar-refractivity contribution in [3.8, 4) is 5.75 Å². The molecular weight excluding hydrogens is 466 g/mol. The lowest BCUT2D eigenvalue weighted by Crippen LogP contribution is -2.52. The molecule has 35 heavy (non-hydrogen) atoms. The Morgan fingerprint density at radius 3 is 2.26 bits per heavy atom. The minimum atomic E-state index is -3.76. The van der Waals surface area contributed by atoms with Gasteiger partial charge in [-0.05, 0) is 56.5 Å². The van der Waals surface area contributed by atoms with Crippen LogP contribution < -0.4 is 14.4 Å². The summed E-state index contributed by atoms with van der Waals surface area (Å²) in [6, 6.07) is 15.3. The second-order valence-electron chi connectivity index (χ2n) is 8.87. The third kappa shape index (κ3) is 7.45. The van der Waals surface area contributed by atoms with Crippen molar-refractivity contribution < 1.29 is 22.7 Å². The van der Waals surface area contributed by atoms with E-state index in [0.29, 0.717) is 18.0 Å². The van der Waals surface area contributed by atoms with Crippen molar-refractivity contribution in [2.75, 3.05) is 23.7 Å². The summed E-state index contributed by atoms with van der Waals surface area (Å²) in [6.07, 6.45) is 5.10. The predicted molar refractivity (Wildman–Crippen MR) is 137 cm³/mol. The first kappa shape index (κ1) is 26.5. The summed E-state index contributed by atoms with van der Waals surface area (Å²) in [4.78, 5) is 28.0. The molecule has 0 unspecified atom stereocenters. The first-order valence-corrected chi connectivity index (χ1v) is 13.9. The molecule has 1 atom stereocenters. The largest absolute Gasteiger partial charge is 0.494 e. The molecule has 1 saturated carbocycles. The lowest BCUT2D eigenvalue weighted by atomic mass is 10.1. The van der Waals surface area contributed by atoms with Crippen molar-refractivity contribution in [2.45, 2.75) is 58.2 Å². The fraction of sp³-hybridized carbons (Fsp3) is 0.462. The van der Waals surface area contributed by atoms with E-state index in [4.69, 9.17) is 4.74 Å². The predicted octanol–water partition coefficient (Wildman–Crippen LogP) is 3.33. The van der Waals surface area contributed by atoms with Gasteiger partial charge in [-0.3, -0.25) is 13.9 Å². The second-order valence-corrected chi connectivity index (χ2v) is 10.8. The Morgan fingerprint density at radius 2 is 1.69 bits per heavy atom. The summed E-state index contributed by atoms with van der Waals surface area (Å²) < 4.78 is 31.8. The molecule has 0 radical (unpaired) electrons. The van der Waals surface area contributed by atoms with Gasteiger partial charge in [-0.2, -0.15) is 0 Å². The fourth-order valence-electron chi connectivity index (χ4n) is 4.24. The van der Waals surface area contributed by atoms with Gasteiger partial charge in [-0.25, -0.2) is 8.42 Å². The highest BCUT2D eigenvalue weighted by Crippen LogP contribution is 2.23. The van der Waals surface area contributed by atoms with Crippen LogP contribution in [-0.4, -0.2) is 56.6 Å². The molecule has 1 aliphatic rings. The van der Waals surface area contributed by atoms with Crippen LogP contribution in [0, 0.1) is 0 Å². The van der Waals surface area contributed by atoms with Gasteiger partial charge >= 0.3 is 0 Å². The summed E-state index contributed by atoms with van der Waals surface area (Å²) in [5.41, 5.74) is 1.21. The van der Waals surface area contributed by atoms with Crippen molar-refractivity contribution in [3.63, 3.8) is 0 Å². The molecule has 0 heterocycles. The SMILES string of the molecule is CCOc1ccc(N(CC(=O)N(Cc2ccccc2)[C@@H](C)C(=O)NC2CCCC2)S(C)(=O)=O)cc1. The van der Waals surface area contributed by atoms with Crippen molar-refractivity contribution in [1.82, 2.24) is 10.2 Å². The summed E-state index contributed by atoms with van der Waals surface area (Å²) in [5.74, 6) is -0.0747. The monoisotopic (exact) mass is 501 g/mol. The second kappa shape index (κ2) is 12.1. The number of benzene rings is 2. The number of ether oxygens (including phenoxy) is 1. The van der Waals surface area contributed by atoms with Crippen molar-refractivity contribution in [1.29, 1.82) is 0 Å². The number of rotatable bonds is 11. The van der Waals surface area contributed by atoms with Crippen LogP contribution in [0.2, 0.25) is 0 Å². The Kier molecular flexibility index (Phi) is 9.14. The minimum Gasteiger partial charge on any atom is -0.494 e. The van der Waals surface area contributed by atoms with Gasteiger partial charge < -0.3 is 15.0 Å². The highest BCUT2D eigenvalue weighted by Gasteiger charge is 2.31. The van der Waals surface area contributed by atoms with Crippen LogP contribution in [0.1, 0.15) is 45.1 Å².